The van der Waals surface area contributed by atoms with Gasteiger partial charge >= 0.3 is 0 Å². The van der Waals surface area contributed by atoms with E-state index < -0.39 is 0 Å². The van der Waals surface area contributed by atoms with Crippen molar-refractivity contribution in [2.24, 2.45) is 0 Å². The third kappa shape index (κ3) is 3.89. The molecule has 2 aliphatic rings. The summed E-state index contributed by atoms with van der Waals surface area (Å²) in [5, 5.41) is 7.07. The number of aromatic nitrogens is 2. The van der Waals surface area contributed by atoms with E-state index >= 15 is 0 Å². The van der Waals surface area contributed by atoms with E-state index in [2.05, 4.69) is 109 Å². The summed E-state index contributed by atoms with van der Waals surface area (Å²) in [4.78, 5) is 11.0. The number of hydrogen-bond acceptors (Lipinski definition) is 4. The normalized spacial score (nSPS) is 13.3. The number of fused-ring (bicyclic) bond motifs is 12. The summed E-state index contributed by atoms with van der Waals surface area (Å²) in [6, 6.07) is 39.3. The van der Waals surface area contributed by atoms with E-state index in [1.54, 1.807) is 14.2 Å². The molecular weight excluding hydrogens is 588 g/mol. The summed E-state index contributed by atoms with van der Waals surface area (Å²) in [6.07, 6.45) is 3.75. The van der Waals surface area contributed by atoms with Crippen LogP contribution in [0.15, 0.2) is 109 Å². The number of nitrogens with zero attached hydrogens (tertiary/aromatic N) is 2. The Bertz CT molecular complexity index is 2470. The molecule has 4 heteroatoms. The number of ether oxygens (including phenoxy) is 2. The molecule has 6 aromatic carbocycles. The van der Waals surface area contributed by atoms with Crippen LogP contribution in [0.2, 0.25) is 0 Å². The molecule has 2 heterocycles. The number of aryl methyl sites for hydroxylation is 4. The highest BCUT2D eigenvalue weighted by Crippen LogP contribution is 2.53. The highest BCUT2D eigenvalue weighted by Gasteiger charge is 2.32. The number of hydrogen-bond donors (Lipinski definition) is 0. The molecule has 0 saturated heterocycles. The second-order valence-electron chi connectivity index (χ2n) is 13.1. The lowest BCUT2D eigenvalue weighted by Crippen LogP contribution is -2.12. The summed E-state index contributed by atoms with van der Waals surface area (Å²) in [5.74, 6) is 1.62. The first kappa shape index (κ1) is 27.4. The lowest BCUT2D eigenvalue weighted by atomic mass is 9.78. The summed E-state index contributed by atoms with van der Waals surface area (Å²) in [5.41, 5.74) is 13.5. The molecule has 0 bridgehead atoms. The monoisotopic (exact) mass is 620 g/mol. The van der Waals surface area contributed by atoms with E-state index in [1.807, 2.05) is 0 Å². The summed E-state index contributed by atoms with van der Waals surface area (Å²) in [6.45, 7) is 0. The second kappa shape index (κ2) is 10.4. The summed E-state index contributed by atoms with van der Waals surface area (Å²) < 4.78 is 12.5. The van der Waals surface area contributed by atoms with Crippen LogP contribution in [0.1, 0.15) is 22.3 Å². The Balaban J connectivity index is 1.31. The lowest BCUT2D eigenvalue weighted by molar-refractivity contribution is 0.410. The Morgan fingerprint density at radius 2 is 0.833 bits per heavy atom. The molecule has 0 spiro atoms. The van der Waals surface area contributed by atoms with Gasteiger partial charge in [0.15, 0.2) is 0 Å². The van der Waals surface area contributed by atoms with Gasteiger partial charge in [-0.15, -0.1) is 0 Å². The zero-order valence-electron chi connectivity index (χ0n) is 26.9. The lowest BCUT2D eigenvalue weighted by Gasteiger charge is -2.29. The molecule has 0 N–H and O–H groups in total. The van der Waals surface area contributed by atoms with Gasteiger partial charge in [0.2, 0.25) is 0 Å². The van der Waals surface area contributed by atoms with Crippen LogP contribution in [-0.4, -0.2) is 24.2 Å². The minimum atomic E-state index is 0.812. The van der Waals surface area contributed by atoms with Gasteiger partial charge in [-0.05, 0) is 83.0 Å². The molecule has 0 fully saturated rings. The van der Waals surface area contributed by atoms with E-state index in [9.17, 15) is 0 Å². The van der Waals surface area contributed by atoms with Gasteiger partial charge < -0.3 is 9.47 Å². The predicted octanol–water partition coefficient (Wildman–Crippen LogP) is 10.3. The Hall–Kier alpha value is -5.74. The van der Waals surface area contributed by atoms with Crippen molar-refractivity contribution >= 4 is 43.4 Å². The largest absolute Gasteiger partial charge is 0.496 e. The van der Waals surface area contributed by atoms with Gasteiger partial charge in [0.1, 0.15) is 11.5 Å². The maximum atomic E-state index is 6.24. The highest BCUT2D eigenvalue weighted by atomic mass is 16.5. The van der Waals surface area contributed by atoms with E-state index in [1.165, 1.54) is 54.6 Å². The Morgan fingerprint density at radius 1 is 0.417 bits per heavy atom. The molecule has 2 aromatic heterocycles. The number of methoxy groups -OCH3 is 2. The molecule has 0 saturated carbocycles. The molecule has 10 rings (SSSR count). The fourth-order valence-corrected chi connectivity index (χ4v) is 8.31. The van der Waals surface area contributed by atoms with Gasteiger partial charge in [0.05, 0.1) is 36.6 Å². The fraction of sp³-hybridized carbons (Fsp3) is 0.136. The van der Waals surface area contributed by atoms with E-state index in [0.29, 0.717) is 0 Å². The van der Waals surface area contributed by atoms with Crippen LogP contribution in [0.4, 0.5) is 0 Å². The number of rotatable bonds is 3. The maximum Gasteiger partial charge on any atom is 0.127 e. The Morgan fingerprint density at radius 3 is 1.29 bits per heavy atom. The van der Waals surface area contributed by atoms with Crippen LogP contribution in [0.3, 0.4) is 0 Å². The van der Waals surface area contributed by atoms with Crippen molar-refractivity contribution in [3.8, 4) is 45.1 Å². The topological polar surface area (TPSA) is 44.2 Å². The Kier molecular flexibility index (Phi) is 5.92. The van der Waals surface area contributed by atoms with Gasteiger partial charge in [-0.3, -0.25) is 0 Å². The van der Waals surface area contributed by atoms with Gasteiger partial charge in [-0.2, -0.15) is 0 Å². The van der Waals surface area contributed by atoms with Crippen molar-refractivity contribution in [1.82, 2.24) is 9.97 Å². The van der Waals surface area contributed by atoms with Gasteiger partial charge in [0.25, 0.3) is 0 Å². The van der Waals surface area contributed by atoms with Crippen molar-refractivity contribution in [3.63, 3.8) is 0 Å². The molecule has 0 amide bonds. The maximum absolute atomic E-state index is 6.24. The number of pyridine rings is 2. The van der Waals surface area contributed by atoms with Crippen molar-refractivity contribution in [1.29, 1.82) is 0 Å². The van der Waals surface area contributed by atoms with E-state index in [0.717, 1.165) is 81.9 Å². The first-order valence-electron chi connectivity index (χ1n) is 16.7. The van der Waals surface area contributed by atoms with Crippen molar-refractivity contribution in [2.75, 3.05) is 14.2 Å². The standard InChI is InChI=1S/C44H32N2O2/c1-47-35-21-19-27-13-17-31-23-29-15-11-25-7-3-5-9-33(25)41(29)45-43(31)37(27)39(35)40-36(48-2)22-20-28-14-18-32-24-30-16-12-26-8-4-6-10-34(26)42(30)46-44(32)38(28)40/h3-12,15-16,19-24H,13-14,17-18H2,1-2H3. The minimum Gasteiger partial charge on any atom is -0.496 e. The quantitative estimate of drug-likeness (QED) is 0.184. The minimum absolute atomic E-state index is 0.812. The molecule has 8 aromatic rings. The van der Waals surface area contributed by atoms with Crippen LogP contribution in [0.5, 0.6) is 11.5 Å². The summed E-state index contributed by atoms with van der Waals surface area (Å²) in [7, 11) is 3.54. The third-order valence-electron chi connectivity index (χ3n) is 10.6. The fourth-order valence-electron chi connectivity index (χ4n) is 8.31. The molecular formula is C44H32N2O2. The molecule has 230 valence electrons. The molecule has 4 nitrogen and oxygen atoms in total. The SMILES string of the molecule is COc1ccc2c(c1-c1c(OC)ccc3c1-c1nc4c(ccc5ccccc54)cc1CC3)-c1nc3c(ccc4ccccc43)cc1CC2. The number of benzene rings is 6. The zero-order valence-corrected chi connectivity index (χ0v) is 26.9. The van der Waals surface area contributed by atoms with Crippen LogP contribution in [0, 0.1) is 0 Å². The first-order valence-corrected chi connectivity index (χ1v) is 16.7. The zero-order chi connectivity index (χ0) is 31.9. The molecule has 0 aliphatic heterocycles. The second-order valence-corrected chi connectivity index (χ2v) is 13.1. The third-order valence-corrected chi connectivity index (χ3v) is 10.6. The van der Waals surface area contributed by atoms with Crippen molar-refractivity contribution in [3.05, 3.63) is 131 Å². The van der Waals surface area contributed by atoms with Crippen LogP contribution < -0.4 is 9.47 Å². The summed E-state index contributed by atoms with van der Waals surface area (Å²) >= 11 is 0. The molecule has 0 atom stereocenters. The van der Waals surface area contributed by atoms with Crippen LogP contribution in [-0.2, 0) is 25.7 Å². The van der Waals surface area contributed by atoms with E-state index in [-0.39, 0.29) is 0 Å². The first-order chi connectivity index (χ1) is 23.7. The predicted molar refractivity (Wildman–Crippen MR) is 196 cm³/mol. The molecule has 0 radical (unpaired) electrons. The van der Waals surface area contributed by atoms with Crippen LogP contribution in [0.25, 0.3) is 77.0 Å². The van der Waals surface area contributed by atoms with Gasteiger partial charge in [-0.1, -0.05) is 84.9 Å². The van der Waals surface area contributed by atoms with Crippen molar-refractivity contribution in [2.45, 2.75) is 25.7 Å². The Labute approximate surface area is 278 Å². The molecule has 2 aliphatic carbocycles. The average Bonchev–Trinajstić information content (AvgIpc) is 3.15. The average molecular weight is 621 g/mol. The van der Waals surface area contributed by atoms with Gasteiger partial charge in [0, 0.05) is 43.8 Å². The smallest absolute Gasteiger partial charge is 0.127 e. The molecule has 48 heavy (non-hydrogen) atoms. The highest BCUT2D eigenvalue weighted by molar-refractivity contribution is 6.09. The van der Waals surface area contributed by atoms with Crippen LogP contribution >= 0.6 is 0 Å². The van der Waals surface area contributed by atoms with Crippen molar-refractivity contribution < 1.29 is 9.47 Å². The van der Waals surface area contributed by atoms with Gasteiger partial charge in [-0.25, -0.2) is 9.97 Å². The van der Waals surface area contributed by atoms with E-state index in [4.69, 9.17) is 19.4 Å². The molecule has 0 unspecified atom stereocenters.